The first kappa shape index (κ1) is 14.2. The topological polar surface area (TPSA) is 66.4 Å². The Morgan fingerprint density at radius 2 is 1.89 bits per heavy atom. The highest BCUT2D eigenvalue weighted by atomic mass is 79.9. The number of hydrogen-bond acceptors (Lipinski definition) is 3. The molecule has 7 heteroatoms. The highest BCUT2D eigenvalue weighted by Gasteiger charge is 2.16. The van der Waals surface area contributed by atoms with Gasteiger partial charge in [-0.25, -0.2) is 8.42 Å². The maximum absolute atomic E-state index is 12.1. The second-order valence-corrected chi connectivity index (χ2v) is 6.76. The fraction of sp³-hybridized carbons (Fsp3) is 0. The molecule has 0 unspecified atom stereocenters. The molecular formula is C12H9BrClNO3S. The molecule has 2 N–H and O–H groups in total. The Balaban J connectivity index is 2.39. The predicted octanol–water partition coefficient (Wildman–Crippen LogP) is 3.61. The average Bonchev–Trinajstić information content (AvgIpc) is 2.33. The van der Waals surface area contributed by atoms with Gasteiger partial charge in [-0.15, -0.1) is 0 Å². The zero-order valence-electron chi connectivity index (χ0n) is 9.47. The number of phenols is 1. The Hall–Kier alpha value is -1.24. The van der Waals surface area contributed by atoms with Crippen molar-refractivity contribution >= 4 is 43.2 Å². The molecule has 0 aliphatic heterocycles. The van der Waals surface area contributed by atoms with E-state index in [2.05, 4.69) is 20.7 Å². The normalized spacial score (nSPS) is 11.3. The van der Waals surface area contributed by atoms with E-state index in [9.17, 15) is 13.5 Å². The molecule has 2 aromatic carbocycles. The Bertz CT molecular complexity index is 719. The van der Waals surface area contributed by atoms with Gasteiger partial charge in [0.1, 0.15) is 5.75 Å². The van der Waals surface area contributed by atoms with Crippen molar-refractivity contribution in [2.75, 3.05) is 4.72 Å². The molecule has 2 aromatic rings. The van der Waals surface area contributed by atoms with Crippen LogP contribution in [0, 0.1) is 0 Å². The molecule has 0 bridgehead atoms. The summed E-state index contributed by atoms with van der Waals surface area (Å²) in [6.45, 7) is 0. The van der Waals surface area contributed by atoms with Crippen LogP contribution in [0.2, 0.25) is 5.02 Å². The van der Waals surface area contributed by atoms with Crippen molar-refractivity contribution < 1.29 is 13.5 Å². The number of benzene rings is 2. The van der Waals surface area contributed by atoms with Gasteiger partial charge in [0.05, 0.1) is 10.6 Å². The van der Waals surface area contributed by atoms with Crippen LogP contribution in [-0.2, 0) is 10.0 Å². The first-order valence-electron chi connectivity index (χ1n) is 5.15. The predicted molar refractivity (Wildman–Crippen MR) is 78.1 cm³/mol. The van der Waals surface area contributed by atoms with E-state index < -0.39 is 10.0 Å². The molecular weight excluding hydrogens is 354 g/mol. The van der Waals surface area contributed by atoms with Crippen molar-refractivity contribution in [1.29, 1.82) is 0 Å². The molecule has 19 heavy (non-hydrogen) atoms. The molecule has 0 fully saturated rings. The lowest BCUT2D eigenvalue weighted by atomic mass is 10.3. The van der Waals surface area contributed by atoms with Gasteiger partial charge in [0.25, 0.3) is 10.0 Å². The third kappa shape index (κ3) is 3.40. The molecule has 0 amide bonds. The van der Waals surface area contributed by atoms with E-state index >= 15 is 0 Å². The molecule has 0 aromatic heterocycles. The fourth-order valence-corrected chi connectivity index (χ4v) is 3.15. The standard InChI is InChI=1S/C12H9BrClNO3S/c13-8-4-5-12(16)11(6-8)15-19(17,18)10-3-1-2-9(14)7-10/h1-7,15-16H. The second-order valence-electron chi connectivity index (χ2n) is 3.72. The molecule has 0 aliphatic carbocycles. The summed E-state index contributed by atoms with van der Waals surface area (Å²) in [5.41, 5.74) is 0.0920. The number of phenolic OH excluding ortho intramolecular Hbond substituents is 1. The molecule has 2 rings (SSSR count). The molecule has 0 heterocycles. The summed E-state index contributed by atoms with van der Waals surface area (Å²) in [4.78, 5) is 0.0272. The highest BCUT2D eigenvalue weighted by Crippen LogP contribution is 2.29. The lowest BCUT2D eigenvalue weighted by molar-refractivity contribution is 0.477. The maximum Gasteiger partial charge on any atom is 0.262 e. The van der Waals surface area contributed by atoms with E-state index in [1.54, 1.807) is 12.1 Å². The van der Waals surface area contributed by atoms with Gasteiger partial charge in [-0.3, -0.25) is 4.72 Å². The van der Waals surface area contributed by atoms with Gasteiger partial charge in [0, 0.05) is 9.50 Å². The molecule has 4 nitrogen and oxygen atoms in total. The van der Waals surface area contributed by atoms with Crippen LogP contribution in [0.3, 0.4) is 0 Å². The first-order valence-corrected chi connectivity index (χ1v) is 7.81. The smallest absolute Gasteiger partial charge is 0.262 e. The van der Waals surface area contributed by atoms with Crippen molar-refractivity contribution in [3.8, 4) is 5.75 Å². The first-order chi connectivity index (χ1) is 8.88. The van der Waals surface area contributed by atoms with E-state index in [-0.39, 0.29) is 16.3 Å². The van der Waals surface area contributed by atoms with Gasteiger partial charge in [-0.05, 0) is 36.4 Å². The summed E-state index contributed by atoms with van der Waals surface area (Å²) >= 11 is 8.97. The SMILES string of the molecule is O=S(=O)(Nc1cc(Br)ccc1O)c1cccc(Cl)c1. The number of sulfonamides is 1. The summed E-state index contributed by atoms with van der Waals surface area (Å²) < 4.78 is 27.2. The highest BCUT2D eigenvalue weighted by molar-refractivity contribution is 9.10. The van der Waals surface area contributed by atoms with Gasteiger partial charge in [-0.2, -0.15) is 0 Å². The fourth-order valence-electron chi connectivity index (χ4n) is 1.43. The monoisotopic (exact) mass is 361 g/mol. The quantitative estimate of drug-likeness (QED) is 0.820. The lowest BCUT2D eigenvalue weighted by Gasteiger charge is -2.10. The van der Waals surface area contributed by atoms with Gasteiger partial charge in [-0.1, -0.05) is 33.6 Å². The summed E-state index contributed by atoms with van der Waals surface area (Å²) in [5, 5.41) is 9.95. The van der Waals surface area contributed by atoms with Crippen molar-refractivity contribution in [2.24, 2.45) is 0 Å². The largest absolute Gasteiger partial charge is 0.506 e. The maximum atomic E-state index is 12.1. The minimum absolute atomic E-state index is 0.0272. The van der Waals surface area contributed by atoms with E-state index in [1.165, 1.54) is 30.3 Å². The van der Waals surface area contributed by atoms with Gasteiger partial charge >= 0.3 is 0 Å². The van der Waals surface area contributed by atoms with E-state index in [0.29, 0.717) is 9.50 Å². The minimum atomic E-state index is -3.79. The number of nitrogens with one attached hydrogen (secondary N) is 1. The molecule has 0 saturated heterocycles. The van der Waals surface area contributed by atoms with Crippen LogP contribution in [0.5, 0.6) is 5.75 Å². The number of hydrogen-bond donors (Lipinski definition) is 2. The summed E-state index contributed by atoms with van der Waals surface area (Å²) in [5.74, 6) is -0.159. The van der Waals surface area contributed by atoms with Gasteiger partial charge in [0.2, 0.25) is 0 Å². The van der Waals surface area contributed by atoms with E-state index in [0.717, 1.165) is 0 Å². The van der Waals surface area contributed by atoms with E-state index in [1.807, 2.05) is 0 Å². The van der Waals surface area contributed by atoms with Gasteiger partial charge < -0.3 is 5.11 Å². The Labute approximate surface area is 124 Å². The summed E-state index contributed by atoms with van der Waals surface area (Å²) in [6.07, 6.45) is 0. The van der Waals surface area contributed by atoms with Crippen molar-refractivity contribution in [3.63, 3.8) is 0 Å². The molecule has 0 radical (unpaired) electrons. The second kappa shape index (κ2) is 5.40. The van der Waals surface area contributed by atoms with Crippen LogP contribution in [0.4, 0.5) is 5.69 Å². The zero-order chi connectivity index (χ0) is 14.0. The molecule has 0 spiro atoms. The number of halogens is 2. The summed E-state index contributed by atoms with van der Waals surface area (Å²) in [6, 6.07) is 10.3. The molecule has 0 saturated carbocycles. The molecule has 0 atom stereocenters. The van der Waals surface area contributed by atoms with Crippen LogP contribution >= 0.6 is 27.5 Å². The van der Waals surface area contributed by atoms with Gasteiger partial charge in [0.15, 0.2) is 0 Å². The third-order valence-electron chi connectivity index (χ3n) is 2.31. The molecule has 0 aliphatic rings. The van der Waals surface area contributed by atoms with E-state index in [4.69, 9.17) is 11.6 Å². The van der Waals surface area contributed by atoms with Crippen molar-refractivity contribution in [2.45, 2.75) is 4.90 Å². The Kier molecular flexibility index (Phi) is 4.03. The number of rotatable bonds is 3. The zero-order valence-corrected chi connectivity index (χ0v) is 12.6. The van der Waals surface area contributed by atoms with Crippen LogP contribution in [-0.4, -0.2) is 13.5 Å². The summed E-state index contributed by atoms with van der Waals surface area (Å²) in [7, 11) is -3.79. The minimum Gasteiger partial charge on any atom is -0.506 e. The van der Waals surface area contributed by atoms with Crippen molar-refractivity contribution in [3.05, 3.63) is 52.0 Å². The molecule has 100 valence electrons. The third-order valence-corrected chi connectivity index (χ3v) is 4.40. The average molecular weight is 363 g/mol. The lowest BCUT2D eigenvalue weighted by Crippen LogP contribution is -2.13. The van der Waals surface area contributed by atoms with Crippen molar-refractivity contribution in [1.82, 2.24) is 0 Å². The van der Waals surface area contributed by atoms with Crippen LogP contribution < -0.4 is 4.72 Å². The van der Waals surface area contributed by atoms with Crippen LogP contribution in [0.15, 0.2) is 51.8 Å². The Morgan fingerprint density at radius 3 is 2.58 bits per heavy atom. The van der Waals surface area contributed by atoms with Crippen LogP contribution in [0.1, 0.15) is 0 Å². The van der Waals surface area contributed by atoms with Crippen LogP contribution in [0.25, 0.3) is 0 Å². The number of aromatic hydroxyl groups is 1. The number of anilines is 1. The Morgan fingerprint density at radius 1 is 1.16 bits per heavy atom.